The van der Waals surface area contributed by atoms with Crippen LogP contribution in [0.4, 0.5) is 4.79 Å². The molecule has 126 valence electrons. The highest BCUT2D eigenvalue weighted by Gasteiger charge is 2.27. The largest absolute Gasteiger partial charge is 0.475 e. The molecule has 0 saturated carbocycles. The van der Waals surface area contributed by atoms with Crippen LogP contribution < -0.4 is 5.32 Å². The third kappa shape index (κ3) is 4.24. The number of amides is 3. The molecule has 1 aliphatic rings. The highest BCUT2D eigenvalue weighted by atomic mass is 16.4. The number of piperidine rings is 1. The summed E-state index contributed by atoms with van der Waals surface area (Å²) in [6.07, 6.45) is 1.23. The molecule has 2 N–H and O–H groups in total. The minimum atomic E-state index is -1.14. The van der Waals surface area contributed by atoms with E-state index in [0.29, 0.717) is 31.7 Å². The summed E-state index contributed by atoms with van der Waals surface area (Å²) in [5.74, 6) is -1.13. The van der Waals surface area contributed by atoms with E-state index < -0.39 is 5.97 Å². The van der Waals surface area contributed by atoms with Gasteiger partial charge in [-0.25, -0.2) is 9.59 Å². The van der Waals surface area contributed by atoms with Crippen LogP contribution in [0.1, 0.15) is 29.2 Å². The summed E-state index contributed by atoms with van der Waals surface area (Å²) in [6, 6.07) is 2.85. The van der Waals surface area contributed by atoms with Crippen molar-refractivity contribution in [2.45, 2.75) is 19.4 Å². The Balaban J connectivity index is 1.78. The van der Waals surface area contributed by atoms with Gasteiger partial charge in [-0.2, -0.15) is 0 Å². The van der Waals surface area contributed by atoms with E-state index in [2.05, 4.69) is 5.32 Å². The third-order valence-electron chi connectivity index (χ3n) is 3.83. The van der Waals surface area contributed by atoms with Crippen LogP contribution in [0.25, 0.3) is 0 Å². The number of likely N-dealkylation sites (tertiary alicyclic amines) is 1. The van der Waals surface area contributed by atoms with Crippen LogP contribution in [-0.4, -0.2) is 60.0 Å². The number of hydrogen-bond donors (Lipinski definition) is 2. The topological polar surface area (TPSA) is 103 Å². The molecule has 1 saturated heterocycles. The first-order valence-corrected chi connectivity index (χ1v) is 7.44. The molecule has 1 fully saturated rings. The van der Waals surface area contributed by atoms with Gasteiger partial charge in [-0.15, -0.1) is 0 Å². The number of urea groups is 1. The zero-order valence-corrected chi connectivity index (χ0v) is 13.2. The highest BCUT2D eigenvalue weighted by Crippen LogP contribution is 2.18. The van der Waals surface area contributed by atoms with Crippen molar-refractivity contribution in [3.05, 3.63) is 23.7 Å². The Morgan fingerprint density at radius 2 is 1.96 bits per heavy atom. The molecular formula is C15H21N3O5. The van der Waals surface area contributed by atoms with Gasteiger partial charge in [0.25, 0.3) is 0 Å². The molecule has 8 nitrogen and oxygen atoms in total. The van der Waals surface area contributed by atoms with Crippen LogP contribution >= 0.6 is 0 Å². The molecule has 23 heavy (non-hydrogen) atoms. The number of aromatic carboxylic acids is 1. The molecule has 1 aromatic rings. The molecule has 0 spiro atoms. The maximum absolute atomic E-state index is 12.1. The molecular weight excluding hydrogens is 302 g/mol. The third-order valence-corrected chi connectivity index (χ3v) is 3.83. The van der Waals surface area contributed by atoms with E-state index in [0.717, 1.165) is 0 Å². The Morgan fingerprint density at radius 3 is 2.48 bits per heavy atom. The lowest BCUT2D eigenvalue weighted by atomic mass is 9.96. The summed E-state index contributed by atoms with van der Waals surface area (Å²) >= 11 is 0. The first-order chi connectivity index (χ1) is 10.9. The monoisotopic (exact) mass is 323 g/mol. The first kappa shape index (κ1) is 16.9. The molecule has 0 aromatic carbocycles. The number of hydrogen-bond acceptors (Lipinski definition) is 4. The number of carboxylic acids is 1. The summed E-state index contributed by atoms with van der Waals surface area (Å²) < 4.78 is 5.09. The molecule has 0 radical (unpaired) electrons. The average molecular weight is 323 g/mol. The van der Waals surface area contributed by atoms with E-state index in [1.165, 1.54) is 17.0 Å². The van der Waals surface area contributed by atoms with Gasteiger partial charge in [0.2, 0.25) is 11.7 Å². The van der Waals surface area contributed by atoms with Crippen LogP contribution in [0.5, 0.6) is 0 Å². The lowest BCUT2D eigenvalue weighted by Crippen LogP contribution is -2.46. The lowest BCUT2D eigenvalue weighted by molar-refractivity contribution is -0.126. The van der Waals surface area contributed by atoms with E-state index in [-0.39, 0.29) is 30.2 Å². The van der Waals surface area contributed by atoms with Gasteiger partial charge in [0.05, 0.1) is 6.54 Å². The number of rotatable bonds is 4. The lowest BCUT2D eigenvalue weighted by Gasteiger charge is -2.33. The maximum Gasteiger partial charge on any atom is 0.371 e. The molecule has 8 heteroatoms. The Hall–Kier alpha value is -2.51. The fourth-order valence-corrected chi connectivity index (χ4v) is 2.52. The Labute approximate surface area is 134 Å². The smallest absolute Gasteiger partial charge is 0.371 e. The molecule has 0 unspecified atom stereocenters. The molecule has 2 heterocycles. The minimum absolute atomic E-state index is 0.0411. The molecule has 0 bridgehead atoms. The summed E-state index contributed by atoms with van der Waals surface area (Å²) in [7, 11) is 3.41. The molecule has 0 aliphatic carbocycles. The predicted molar refractivity (Wildman–Crippen MR) is 80.9 cm³/mol. The van der Waals surface area contributed by atoms with Crippen molar-refractivity contribution in [3.8, 4) is 0 Å². The number of furan rings is 1. The van der Waals surface area contributed by atoms with Crippen molar-refractivity contribution in [2.75, 3.05) is 27.2 Å². The average Bonchev–Trinajstić information content (AvgIpc) is 3.01. The van der Waals surface area contributed by atoms with E-state index in [1.807, 2.05) is 0 Å². The van der Waals surface area contributed by atoms with Gasteiger partial charge in [-0.3, -0.25) is 4.79 Å². The fraction of sp³-hybridized carbons (Fsp3) is 0.533. The van der Waals surface area contributed by atoms with E-state index >= 15 is 0 Å². The van der Waals surface area contributed by atoms with Gasteiger partial charge >= 0.3 is 12.0 Å². The zero-order chi connectivity index (χ0) is 17.0. The van der Waals surface area contributed by atoms with Crippen molar-refractivity contribution < 1.29 is 23.9 Å². The Kier molecular flexibility index (Phi) is 5.25. The second-order valence-electron chi connectivity index (χ2n) is 5.73. The number of nitrogens with zero attached hydrogens (tertiary/aromatic N) is 2. The fourth-order valence-electron chi connectivity index (χ4n) is 2.52. The molecule has 3 amide bonds. The first-order valence-electron chi connectivity index (χ1n) is 7.44. The Morgan fingerprint density at radius 1 is 1.30 bits per heavy atom. The minimum Gasteiger partial charge on any atom is -0.475 e. The number of carbonyl (C=O) groups is 3. The Bertz CT molecular complexity index is 588. The molecule has 0 atom stereocenters. The van der Waals surface area contributed by atoms with E-state index in [1.54, 1.807) is 19.0 Å². The van der Waals surface area contributed by atoms with E-state index in [9.17, 15) is 14.4 Å². The van der Waals surface area contributed by atoms with Gasteiger partial charge in [0.15, 0.2) is 0 Å². The number of nitrogens with one attached hydrogen (secondary N) is 1. The molecule has 2 rings (SSSR count). The van der Waals surface area contributed by atoms with Crippen molar-refractivity contribution in [2.24, 2.45) is 5.92 Å². The standard InChI is InChI=1S/C15H21N3O5/c1-17(2)15(22)18-7-5-10(6-8-18)13(19)16-9-11-3-4-12(23-11)14(20)21/h3-4,10H,5-9H2,1-2H3,(H,16,19)(H,20,21). The zero-order valence-electron chi connectivity index (χ0n) is 13.2. The van der Waals surface area contributed by atoms with Crippen LogP contribution in [0, 0.1) is 5.92 Å². The van der Waals surface area contributed by atoms with E-state index in [4.69, 9.17) is 9.52 Å². The van der Waals surface area contributed by atoms with Crippen LogP contribution in [0.3, 0.4) is 0 Å². The summed E-state index contributed by atoms with van der Waals surface area (Å²) in [6.45, 7) is 1.26. The van der Waals surface area contributed by atoms with Crippen LogP contribution in [0.2, 0.25) is 0 Å². The second kappa shape index (κ2) is 7.17. The van der Waals surface area contributed by atoms with Crippen molar-refractivity contribution in [1.29, 1.82) is 0 Å². The van der Waals surface area contributed by atoms with Crippen LogP contribution in [0.15, 0.2) is 16.5 Å². The highest BCUT2D eigenvalue weighted by molar-refractivity contribution is 5.84. The second-order valence-corrected chi connectivity index (χ2v) is 5.73. The van der Waals surface area contributed by atoms with Gasteiger partial charge in [-0.1, -0.05) is 0 Å². The van der Waals surface area contributed by atoms with Crippen LogP contribution in [-0.2, 0) is 11.3 Å². The van der Waals surface area contributed by atoms with Crippen molar-refractivity contribution in [3.63, 3.8) is 0 Å². The molecule has 1 aromatic heterocycles. The van der Waals surface area contributed by atoms with Crippen molar-refractivity contribution in [1.82, 2.24) is 15.1 Å². The van der Waals surface area contributed by atoms with Gasteiger partial charge < -0.3 is 24.6 Å². The summed E-state index contributed by atoms with van der Waals surface area (Å²) in [5.41, 5.74) is 0. The summed E-state index contributed by atoms with van der Waals surface area (Å²) in [5, 5.41) is 11.5. The SMILES string of the molecule is CN(C)C(=O)N1CCC(C(=O)NCc2ccc(C(=O)O)o2)CC1. The van der Waals surface area contributed by atoms with Gasteiger partial charge in [0, 0.05) is 33.1 Å². The number of carboxylic acid groups (broad SMARTS) is 1. The number of carbonyl (C=O) groups excluding carboxylic acids is 2. The predicted octanol–water partition coefficient (Wildman–Crippen LogP) is 0.988. The van der Waals surface area contributed by atoms with Gasteiger partial charge in [-0.05, 0) is 25.0 Å². The normalized spacial score (nSPS) is 15.3. The quantitative estimate of drug-likeness (QED) is 0.860. The summed E-state index contributed by atoms with van der Waals surface area (Å²) in [4.78, 5) is 37.9. The van der Waals surface area contributed by atoms with Gasteiger partial charge in [0.1, 0.15) is 5.76 Å². The van der Waals surface area contributed by atoms with Crippen molar-refractivity contribution >= 4 is 17.9 Å². The maximum atomic E-state index is 12.1. The molecule has 1 aliphatic heterocycles.